The molecule has 0 aliphatic carbocycles. The van der Waals surface area contributed by atoms with Crippen LogP contribution >= 0.6 is 11.8 Å². The summed E-state index contributed by atoms with van der Waals surface area (Å²) in [6, 6.07) is -2.27. The Morgan fingerprint density at radius 3 is 2.35 bits per heavy atom. The summed E-state index contributed by atoms with van der Waals surface area (Å²) in [4.78, 5) is 32.5. The topological polar surface area (TPSA) is 130 Å². The lowest BCUT2D eigenvalue weighted by atomic mass is 10.1. The maximum atomic E-state index is 11.4. The van der Waals surface area contributed by atoms with E-state index in [9.17, 15) is 14.4 Å². The van der Waals surface area contributed by atoms with Crippen LogP contribution in [0, 0.1) is 0 Å². The van der Waals surface area contributed by atoms with E-state index in [0.717, 1.165) is 0 Å². The molecule has 0 bridgehead atoms. The van der Waals surface area contributed by atoms with Crippen molar-refractivity contribution in [2.24, 2.45) is 5.73 Å². The van der Waals surface area contributed by atoms with Crippen LogP contribution in [0.25, 0.3) is 0 Å². The van der Waals surface area contributed by atoms with Gasteiger partial charge >= 0.3 is 11.9 Å². The summed E-state index contributed by atoms with van der Waals surface area (Å²) in [5.74, 6) is -2.55. The van der Waals surface area contributed by atoms with Gasteiger partial charge in [0.25, 0.3) is 0 Å². The average molecular weight is 264 g/mol. The lowest BCUT2D eigenvalue weighted by Crippen LogP contribution is -2.49. The molecular weight excluding hydrogens is 248 g/mol. The van der Waals surface area contributed by atoms with Gasteiger partial charge in [0, 0.05) is 0 Å². The first-order valence-corrected chi connectivity index (χ1v) is 6.27. The second-order valence-electron chi connectivity index (χ2n) is 3.39. The number of hydrogen-bond donors (Lipinski definition) is 4. The Morgan fingerprint density at radius 1 is 1.35 bits per heavy atom. The quantitative estimate of drug-likeness (QED) is 0.447. The fourth-order valence-electron chi connectivity index (χ4n) is 1.05. The van der Waals surface area contributed by atoms with Crippen molar-refractivity contribution in [2.75, 3.05) is 12.0 Å². The lowest BCUT2D eigenvalue weighted by Gasteiger charge is -2.16. The number of carbonyl (C=O) groups is 3. The van der Waals surface area contributed by atoms with E-state index in [2.05, 4.69) is 5.32 Å². The van der Waals surface area contributed by atoms with Gasteiger partial charge < -0.3 is 21.3 Å². The number of carboxylic acid groups (broad SMARTS) is 2. The highest BCUT2D eigenvalue weighted by Crippen LogP contribution is 2.01. The Morgan fingerprint density at radius 2 is 1.94 bits per heavy atom. The Bertz CT molecular complexity index is 297. The highest BCUT2D eigenvalue weighted by atomic mass is 32.2. The van der Waals surface area contributed by atoms with Crippen molar-refractivity contribution in [3.63, 3.8) is 0 Å². The van der Waals surface area contributed by atoms with Gasteiger partial charge in [0.2, 0.25) is 5.91 Å². The van der Waals surface area contributed by atoms with Crippen molar-refractivity contribution in [3.8, 4) is 0 Å². The summed E-state index contributed by atoms with van der Waals surface area (Å²) in [5, 5.41) is 19.5. The molecule has 0 aromatic rings. The summed E-state index contributed by atoms with van der Waals surface area (Å²) in [6.07, 6.45) is 1.56. The van der Waals surface area contributed by atoms with Crippen LogP contribution < -0.4 is 11.1 Å². The van der Waals surface area contributed by atoms with E-state index in [4.69, 9.17) is 15.9 Å². The molecule has 0 saturated carbocycles. The SMILES string of the molecule is CSCC[C@@H](NC(=O)C(N)CC(=O)O)C(=O)O. The first-order chi connectivity index (χ1) is 7.88. The molecule has 0 rings (SSSR count). The van der Waals surface area contributed by atoms with E-state index >= 15 is 0 Å². The van der Waals surface area contributed by atoms with Gasteiger partial charge in [-0.1, -0.05) is 0 Å². The van der Waals surface area contributed by atoms with E-state index in [1.165, 1.54) is 11.8 Å². The molecule has 1 amide bonds. The normalized spacial score (nSPS) is 13.8. The molecule has 0 aliphatic rings. The van der Waals surface area contributed by atoms with Crippen LogP contribution in [0.4, 0.5) is 0 Å². The average Bonchev–Trinajstić information content (AvgIpc) is 2.22. The van der Waals surface area contributed by atoms with Crippen molar-refractivity contribution in [1.29, 1.82) is 0 Å². The number of hydrogen-bond acceptors (Lipinski definition) is 5. The molecule has 0 aliphatic heterocycles. The zero-order valence-electron chi connectivity index (χ0n) is 9.38. The first kappa shape index (κ1) is 15.7. The number of nitrogens with one attached hydrogen (secondary N) is 1. The molecule has 0 radical (unpaired) electrons. The van der Waals surface area contributed by atoms with E-state index in [1.54, 1.807) is 0 Å². The predicted octanol–water partition coefficient (Wildman–Crippen LogP) is -0.889. The van der Waals surface area contributed by atoms with E-state index in [-0.39, 0.29) is 6.42 Å². The van der Waals surface area contributed by atoms with Crippen LogP contribution in [0.2, 0.25) is 0 Å². The molecule has 0 aromatic heterocycles. The molecule has 5 N–H and O–H groups in total. The fraction of sp³-hybridized carbons (Fsp3) is 0.667. The van der Waals surface area contributed by atoms with Crippen molar-refractivity contribution in [3.05, 3.63) is 0 Å². The van der Waals surface area contributed by atoms with E-state index in [1.807, 2.05) is 6.26 Å². The zero-order valence-corrected chi connectivity index (χ0v) is 10.2. The van der Waals surface area contributed by atoms with Crippen LogP contribution in [-0.4, -0.2) is 52.2 Å². The number of amides is 1. The van der Waals surface area contributed by atoms with Crippen molar-refractivity contribution < 1.29 is 24.6 Å². The molecule has 0 heterocycles. The second-order valence-corrected chi connectivity index (χ2v) is 4.37. The maximum absolute atomic E-state index is 11.4. The summed E-state index contributed by atoms with van der Waals surface area (Å²) < 4.78 is 0. The monoisotopic (exact) mass is 264 g/mol. The number of carboxylic acids is 2. The predicted molar refractivity (Wildman–Crippen MR) is 62.8 cm³/mol. The van der Waals surface area contributed by atoms with Crippen molar-refractivity contribution >= 4 is 29.6 Å². The summed E-state index contributed by atoms with van der Waals surface area (Å²) >= 11 is 1.45. The van der Waals surface area contributed by atoms with E-state index < -0.39 is 36.4 Å². The maximum Gasteiger partial charge on any atom is 0.326 e. The molecule has 7 nitrogen and oxygen atoms in total. The largest absolute Gasteiger partial charge is 0.481 e. The molecule has 0 fully saturated rings. The van der Waals surface area contributed by atoms with Gasteiger partial charge in [0.1, 0.15) is 6.04 Å². The molecule has 2 atom stereocenters. The number of aliphatic carboxylic acids is 2. The number of rotatable bonds is 8. The summed E-state index contributed by atoms with van der Waals surface area (Å²) in [5.41, 5.74) is 5.30. The fourth-order valence-corrected chi connectivity index (χ4v) is 1.52. The summed E-state index contributed by atoms with van der Waals surface area (Å²) in [6.45, 7) is 0. The highest BCUT2D eigenvalue weighted by molar-refractivity contribution is 7.98. The molecule has 1 unspecified atom stereocenters. The Balaban J connectivity index is 4.29. The lowest BCUT2D eigenvalue weighted by molar-refractivity contribution is -0.142. The van der Waals surface area contributed by atoms with Gasteiger partial charge in [-0.05, 0) is 18.4 Å². The third-order valence-corrected chi connectivity index (χ3v) is 2.60. The van der Waals surface area contributed by atoms with Crippen molar-refractivity contribution in [2.45, 2.75) is 24.9 Å². The smallest absolute Gasteiger partial charge is 0.326 e. The molecule has 0 saturated heterocycles. The standard InChI is InChI=1S/C9H16N2O5S/c1-17-3-2-6(9(15)16)11-8(14)5(10)4-7(12)13/h5-6H,2-4,10H2,1H3,(H,11,14)(H,12,13)(H,15,16)/t5?,6-/m1/s1. The number of carbonyl (C=O) groups excluding carboxylic acids is 1. The van der Waals surface area contributed by atoms with Gasteiger partial charge in [-0.25, -0.2) is 4.79 Å². The first-order valence-electron chi connectivity index (χ1n) is 4.88. The molecule has 0 spiro atoms. The Labute approximate surface area is 103 Å². The number of nitrogens with two attached hydrogens (primary N) is 1. The Hall–Kier alpha value is -1.28. The van der Waals surface area contributed by atoms with Gasteiger partial charge in [-0.15, -0.1) is 0 Å². The van der Waals surface area contributed by atoms with Gasteiger partial charge in [-0.2, -0.15) is 11.8 Å². The Kier molecular flexibility index (Phi) is 7.31. The minimum atomic E-state index is -1.23. The van der Waals surface area contributed by atoms with Gasteiger partial charge in [-0.3, -0.25) is 9.59 Å². The van der Waals surface area contributed by atoms with Crippen LogP contribution in [0.15, 0.2) is 0 Å². The third kappa shape index (κ3) is 6.80. The molecule has 17 heavy (non-hydrogen) atoms. The molecule has 0 aromatic carbocycles. The van der Waals surface area contributed by atoms with Gasteiger partial charge in [0.05, 0.1) is 12.5 Å². The zero-order chi connectivity index (χ0) is 13.4. The van der Waals surface area contributed by atoms with Crippen LogP contribution in [0.5, 0.6) is 0 Å². The summed E-state index contributed by atoms with van der Waals surface area (Å²) in [7, 11) is 0. The molecular formula is C9H16N2O5S. The molecule has 8 heteroatoms. The van der Waals surface area contributed by atoms with Crippen molar-refractivity contribution in [1.82, 2.24) is 5.32 Å². The van der Waals surface area contributed by atoms with Crippen LogP contribution in [-0.2, 0) is 14.4 Å². The van der Waals surface area contributed by atoms with Crippen LogP contribution in [0.1, 0.15) is 12.8 Å². The molecule has 98 valence electrons. The highest BCUT2D eigenvalue weighted by Gasteiger charge is 2.24. The third-order valence-electron chi connectivity index (χ3n) is 1.96. The number of thioether (sulfide) groups is 1. The second kappa shape index (κ2) is 7.91. The van der Waals surface area contributed by atoms with Gasteiger partial charge in [0.15, 0.2) is 0 Å². The van der Waals surface area contributed by atoms with Crippen LogP contribution in [0.3, 0.4) is 0 Å². The van der Waals surface area contributed by atoms with E-state index in [0.29, 0.717) is 5.75 Å². The minimum absolute atomic E-state index is 0.266. The minimum Gasteiger partial charge on any atom is -0.481 e.